The molecular weight excluding hydrogens is 376 g/mol. The van der Waals surface area contributed by atoms with E-state index in [9.17, 15) is 4.79 Å². The number of anilines is 2. The molecule has 2 aromatic carbocycles. The Morgan fingerprint density at radius 3 is 2.48 bits per heavy atom. The lowest BCUT2D eigenvalue weighted by Crippen LogP contribution is -2.30. The molecule has 2 fully saturated rings. The van der Waals surface area contributed by atoms with Gasteiger partial charge in [0.2, 0.25) is 5.91 Å². The summed E-state index contributed by atoms with van der Waals surface area (Å²) in [7, 11) is 0. The van der Waals surface area contributed by atoms with Crippen molar-refractivity contribution in [2.24, 2.45) is 0 Å². The smallest absolute Gasteiger partial charge is 0.235 e. The van der Waals surface area contributed by atoms with Gasteiger partial charge in [-0.1, -0.05) is 34.1 Å². The van der Waals surface area contributed by atoms with Crippen LogP contribution < -0.4 is 10.2 Å². The van der Waals surface area contributed by atoms with Gasteiger partial charge in [0.05, 0.1) is 5.41 Å². The van der Waals surface area contributed by atoms with Gasteiger partial charge >= 0.3 is 0 Å². The van der Waals surface area contributed by atoms with E-state index in [-0.39, 0.29) is 11.3 Å². The molecule has 1 saturated carbocycles. The molecule has 2 aromatic rings. The van der Waals surface area contributed by atoms with E-state index in [2.05, 4.69) is 50.4 Å². The van der Waals surface area contributed by atoms with Crippen molar-refractivity contribution in [2.45, 2.75) is 37.5 Å². The van der Waals surface area contributed by atoms with Crippen LogP contribution in [-0.4, -0.2) is 19.0 Å². The molecule has 130 valence electrons. The fourth-order valence-electron chi connectivity index (χ4n) is 3.74. The summed E-state index contributed by atoms with van der Waals surface area (Å²) in [5.41, 5.74) is 2.86. The summed E-state index contributed by atoms with van der Waals surface area (Å²) >= 11 is 3.51. The Hall–Kier alpha value is -1.81. The van der Waals surface area contributed by atoms with Crippen molar-refractivity contribution < 1.29 is 4.79 Å². The second-order valence-corrected chi connectivity index (χ2v) is 8.06. The van der Waals surface area contributed by atoms with Crippen LogP contribution in [0.3, 0.4) is 0 Å². The molecular formula is C21H23BrN2O. The summed E-state index contributed by atoms with van der Waals surface area (Å²) in [6, 6.07) is 16.4. The molecule has 0 spiro atoms. The minimum atomic E-state index is -0.356. The van der Waals surface area contributed by atoms with Crippen molar-refractivity contribution in [2.75, 3.05) is 23.3 Å². The average molecular weight is 399 g/mol. The molecule has 25 heavy (non-hydrogen) atoms. The summed E-state index contributed by atoms with van der Waals surface area (Å²) in [5, 5.41) is 3.16. The second-order valence-electron chi connectivity index (χ2n) is 7.14. The van der Waals surface area contributed by atoms with Gasteiger partial charge in [-0.15, -0.1) is 0 Å². The minimum Gasteiger partial charge on any atom is -0.371 e. The highest BCUT2D eigenvalue weighted by Gasteiger charge is 2.51. The molecule has 0 unspecified atom stereocenters. The molecule has 1 heterocycles. The monoisotopic (exact) mass is 398 g/mol. The lowest BCUT2D eigenvalue weighted by atomic mass is 9.95. The number of nitrogens with one attached hydrogen (secondary N) is 1. The molecule has 0 radical (unpaired) electrons. The zero-order valence-electron chi connectivity index (χ0n) is 14.3. The first-order valence-electron chi connectivity index (χ1n) is 9.10. The van der Waals surface area contributed by atoms with Gasteiger partial charge in [0, 0.05) is 28.9 Å². The van der Waals surface area contributed by atoms with Gasteiger partial charge in [0.15, 0.2) is 0 Å². The zero-order chi connectivity index (χ0) is 17.3. The number of piperidine rings is 1. The van der Waals surface area contributed by atoms with E-state index in [0.29, 0.717) is 0 Å². The highest BCUT2D eigenvalue weighted by atomic mass is 79.9. The average Bonchev–Trinajstić information content (AvgIpc) is 3.45. The number of carbonyl (C=O) groups is 1. The number of rotatable bonds is 4. The van der Waals surface area contributed by atoms with Crippen molar-refractivity contribution >= 4 is 33.2 Å². The molecule has 1 N–H and O–H groups in total. The van der Waals surface area contributed by atoms with Crippen molar-refractivity contribution in [1.29, 1.82) is 0 Å². The molecule has 2 aliphatic rings. The molecule has 4 heteroatoms. The van der Waals surface area contributed by atoms with Crippen LogP contribution in [-0.2, 0) is 10.2 Å². The van der Waals surface area contributed by atoms with Gasteiger partial charge in [-0.2, -0.15) is 0 Å². The van der Waals surface area contributed by atoms with E-state index in [0.717, 1.165) is 41.7 Å². The largest absolute Gasteiger partial charge is 0.371 e. The second kappa shape index (κ2) is 6.83. The third-order valence-electron chi connectivity index (χ3n) is 5.39. The topological polar surface area (TPSA) is 32.3 Å². The van der Waals surface area contributed by atoms with Gasteiger partial charge < -0.3 is 10.2 Å². The Morgan fingerprint density at radius 1 is 1.00 bits per heavy atom. The van der Waals surface area contributed by atoms with Gasteiger partial charge in [-0.05, 0) is 68.0 Å². The summed E-state index contributed by atoms with van der Waals surface area (Å²) in [4.78, 5) is 15.4. The number of hydrogen-bond acceptors (Lipinski definition) is 2. The molecule has 0 aromatic heterocycles. The fourth-order valence-corrected chi connectivity index (χ4v) is 4.14. The highest BCUT2D eigenvalue weighted by molar-refractivity contribution is 9.10. The van der Waals surface area contributed by atoms with E-state index in [4.69, 9.17) is 0 Å². The first-order chi connectivity index (χ1) is 12.2. The number of carbonyl (C=O) groups excluding carboxylic acids is 1. The number of benzene rings is 2. The van der Waals surface area contributed by atoms with Crippen LogP contribution in [0.1, 0.15) is 37.7 Å². The third-order valence-corrected chi connectivity index (χ3v) is 5.88. The minimum absolute atomic E-state index is 0.112. The number of nitrogens with zero attached hydrogens (tertiary/aromatic N) is 1. The van der Waals surface area contributed by atoms with Crippen molar-refractivity contribution in [1.82, 2.24) is 0 Å². The SMILES string of the molecule is O=C(Nc1cccc(N2CCCCC2)c1)C1(c2cccc(Br)c2)CC1. The number of amides is 1. The molecule has 4 rings (SSSR count). The van der Waals surface area contributed by atoms with E-state index >= 15 is 0 Å². The Kier molecular flexibility index (Phi) is 4.55. The lowest BCUT2D eigenvalue weighted by molar-refractivity contribution is -0.118. The maximum Gasteiger partial charge on any atom is 0.235 e. The zero-order valence-corrected chi connectivity index (χ0v) is 15.9. The maximum absolute atomic E-state index is 13.0. The number of halogens is 1. The van der Waals surface area contributed by atoms with Crippen LogP contribution >= 0.6 is 15.9 Å². The highest BCUT2D eigenvalue weighted by Crippen LogP contribution is 2.49. The maximum atomic E-state index is 13.0. The number of hydrogen-bond donors (Lipinski definition) is 1. The van der Waals surface area contributed by atoms with Crippen molar-refractivity contribution in [3.63, 3.8) is 0 Å². The summed E-state index contributed by atoms with van der Waals surface area (Å²) in [6.45, 7) is 2.22. The van der Waals surface area contributed by atoms with Crippen LogP contribution in [0, 0.1) is 0 Å². The standard InChI is InChI=1S/C21H23BrN2O/c22-17-7-4-6-16(14-17)21(10-11-21)20(25)23-18-8-5-9-19(15-18)24-12-2-1-3-13-24/h4-9,14-15H,1-3,10-13H2,(H,23,25). The van der Waals surface area contributed by atoms with Gasteiger partial charge in [-0.3, -0.25) is 4.79 Å². The van der Waals surface area contributed by atoms with E-state index in [1.54, 1.807) is 0 Å². The molecule has 1 aliphatic heterocycles. The van der Waals surface area contributed by atoms with Crippen molar-refractivity contribution in [3.8, 4) is 0 Å². The Bertz CT molecular complexity index is 779. The summed E-state index contributed by atoms with van der Waals surface area (Å²) < 4.78 is 1.02. The Morgan fingerprint density at radius 2 is 1.76 bits per heavy atom. The summed E-state index contributed by atoms with van der Waals surface area (Å²) in [6.07, 6.45) is 5.66. The molecule has 1 saturated heterocycles. The predicted molar refractivity (Wildman–Crippen MR) is 106 cm³/mol. The van der Waals surface area contributed by atoms with E-state index in [1.165, 1.54) is 24.9 Å². The van der Waals surface area contributed by atoms with Crippen LogP contribution in [0.4, 0.5) is 11.4 Å². The van der Waals surface area contributed by atoms with Crippen LogP contribution in [0.25, 0.3) is 0 Å². The van der Waals surface area contributed by atoms with Gasteiger partial charge in [0.25, 0.3) is 0 Å². The van der Waals surface area contributed by atoms with E-state index in [1.807, 2.05) is 24.3 Å². The fraction of sp³-hybridized carbons (Fsp3) is 0.381. The van der Waals surface area contributed by atoms with Crippen LogP contribution in [0.5, 0.6) is 0 Å². The Balaban J connectivity index is 1.51. The molecule has 1 amide bonds. The first kappa shape index (κ1) is 16.6. The van der Waals surface area contributed by atoms with Crippen LogP contribution in [0.15, 0.2) is 53.0 Å². The van der Waals surface area contributed by atoms with Gasteiger partial charge in [0.1, 0.15) is 0 Å². The molecule has 1 aliphatic carbocycles. The summed E-state index contributed by atoms with van der Waals surface area (Å²) in [5.74, 6) is 0.112. The normalized spacial score (nSPS) is 18.7. The van der Waals surface area contributed by atoms with Crippen molar-refractivity contribution in [3.05, 3.63) is 58.6 Å². The Labute approximate surface area is 157 Å². The molecule has 0 atom stereocenters. The van der Waals surface area contributed by atoms with E-state index < -0.39 is 0 Å². The first-order valence-corrected chi connectivity index (χ1v) is 9.89. The predicted octanol–water partition coefficient (Wildman–Crippen LogP) is 5.11. The quantitative estimate of drug-likeness (QED) is 0.775. The van der Waals surface area contributed by atoms with Gasteiger partial charge in [-0.25, -0.2) is 0 Å². The third kappa shape index (κ3) is 3.45. The lowest BCUT2D eigenvalue weighted by Gasteiger charge is -2.29. The van der Waals surface area contributed by atoms with Crippen LogP contribution in [0.2, 0.25) is 0 Å². The molecule has 3 nitrogen and oxygen atoms in total. The molecule has 0 bridgehead atoms.